The van der Waals surface area contributed by atoms with Crippen molar-refractivity contribution in [3.63, 3.8) is 0 Å². The second-order valence-corrected chi connectivity index (χ2v) is 5.63. The summed E-state index contributed by atoms with van der Waals surface area (Å²) in [5.74, 6) is 1.27. The third-order valence-electron chi connectivity index (χ3n) is 4.08. The van der Waals surface area contributed by atoms with Gasteiger partial charge in [-0.05, 0) is 36.1 Å². The summed E-state index contributed by atoms with van der Waals surface area (Å²) in [6, 6.07) is 11.6. The Kier molecular flexibility index (Phi) is 4.89. The van der Waals surface area contributed by atoms with E-state index in [4.69, 9.17) is 9.47 Å². The number of anilines is 2. The molecule has 0 saturated heterocycles. The number of hydrogen-bond donors (Lipinski definition) is 2. The molecule has 1 amide bonds. The van der Waals surface area contributed by atoms with Crippen molar-refractivity contribution in [2.45, 2.75) is 26.7 Å². The molecule has 2 aromatic rings. The highest BCUT2D eigenvalue weighted by Gasteiger charge is 2.14. The van der Waals surface area contributed by atoms with E-state index in [0.29, 0.717) is 17.2 Å². The smallest absolute Gasteiger partial charge is 0.243 e. The average Bonchev–Trinajstić information content (AvgIpc) is 3.07. The number of aryl methyl sites for hydroxylation is 2. The van der Waals surface area contributed by atoms with Gasteiger partial charge in [-0.2, -0.15) is 0 Å². The van der Waals surface area contributed by atoms with Crippen molar-refractivity contribution in [1.82, 2.24) is 0 Å². The van der Waals surface area contributed by atoms with Crippen LogP contribution in [0.3, 0.4) is 0 Å². The zero-order valence-corrected chi connectivity index (χ0v) is 14.0. The molecule has 0 saturated carbocycles. The molecule has 0 atom stereocenters. The summed E-state index contributed by atoms with van der Waals surface area (Å²) in [4.78, 5) is 12.2. The van der Waals surface area contributed by atoms with Gasteiger partial charge in [0.25, 0.3) is 0 Å². The predicted octanol–water partition coefficient (Wildman–Crippen LogP) is 3.59. The molecule has 0 aliphatic carbocycles. The molecule has 5 heteroatoms. The van der Waals surface area contributed by atoms with Crippen LogP contribution in [0.5, 0.6) is 11.5 Å². The van der Waals surface area contributed by atoms with E-state index in [1.807, 2.05) is 6.07 Å². The standard InChI is InChI=1S/C19H22N2O3/c1-3-13-6-5-7-14(4-2)19(13)20-11-18(22)21-15-8-9-16-17(10-15)24-12-23-16/h5-10,20H,3-4,11-12H2,1-2H3,(H,21,22). The Labute approximate surface area is 142 Å². The van der Waals surface area contributed by atoms with Crippen LogP contribution in [0, 0.1) is 0 Å². The van der Waals surface area contributed by atoms with Crippen LogP contribution in [0.4, 0.5) is 11.4 Å². The van der Waals surface area contributed by atoms with Gasteiger partial charge in [0.1, 0.15) is 0 Å². The molecule has 0 radical (unpaired) electrons. The second kappa shape index (κ2) is 7.25. The molecule has 3 rings (SSSR count). The minimum atomic E-state index is -0.0955. The van der Waals surface area contributed by atoms with Crippen LogP contribution in [-0.2, 0) is 17.6 Å². The van der Waals surface area contributed by atoms with Crippen LogP contribution >= 0.6 is 0 Å². The van der Waals surface area contributed by atoms with E-state index in [1.54, 1.807) is 12.1 Å². The molecule has 2 N–H and O–H groups in total. The van der Waals surface area contributed by atoms with Crippen molar-refractivity contribution in [2.75, 3.05) is 24.0 Å². The molecular formula is C19H22N2O3. The molecule has 1 aliphatic heterocycles. The number of ether oxygens (including phenoxy) is 2. The Bertz CT molecular complexity index is 721. The van der Waals surface area contributed by atoms with E-state index in [2.05, 4.69) is 42.7 Å². The van der Waals surface area contributed by atoms with Gasteiger partial charge in [0.2, 0.25) is 12.7 Å². The van der Waals surface area contributed by atoms with Crippen LogP contribution in [0.15, 0.2) is 36.4 Å². The number of nitrogens with one attached hydrogen (secondary N) is 2. The summed E-state index contributed by atoms with van der Waals surface area (Å²) in [5, 5.41) is 6.17. The van der Waals surface area contributed by atoms with E-state index in [0.717, 1.165) is 18.5 Å². The summed E-state index contributed by atoms with van der Waals surface area (Å²) >= 11 is 0. The number of para-hydroxylation sites is 1. The fraction of sp³-hybridized carbons (Fsp3) is 0.316. The summed E-state index contributed by atoms with van der Waals surface area (Å²) in [6.45, 7) is 4.68. The number of carbonyl (C=O) groups excluding carboxylic acids is 1. The number of benzene rings is 2. The molecular weight excluding hydrogens is 304 g/mol. The SMILES string of the molecule is CCc1cccc(CC)c1NCC(=O)Nc1ccc2c(c1)OCO2. The Morgan fingerprint density at radius 1 is 1.04 bits per heavy atom. The lowest BCUT2D eigenvalue weighted by molar-refractivity contribution is -0.114. The quantitative estimate of drug-likeness (QED) is 0.852. The lowest BCUT2D eigenvalue weighted by atomic mass is 10.0. The van der Waals surface area contributed by atoms with Crippen molar-refractivity contribution < 1.29 is 14.3 Å². The molecule has 1 aliphatic rings. The largest absolute Gasteiger partial charge is 0.454 e. The first-order valence-electron chi connectivity index (χ1n) is 8.25. The third-order valence-corrected chi connectivity index (χ3v) is 4.08. The molecule has 0 bridgehead atoms. The Hall–Kier alpha value is -2.69. The van der Waals surface area contributed by atoms with Crippen LogP contribution < -0.4 is 20.1 Å². The predicted molar refractivity (Wildman–Crippen MR) is 94.9 cm³/mol. The molecule has 5 nitrogen and oxygen atoms in total. The molecule has 0 unspecified atom stereocenters. The van der Waals surface area contributed by atoms with Crippen LogP contribution in [0.1, 0.15) is 25.0 Å². The molecule has 2 aromatic carbocycles. The van der Waals surface area contributed by atoms with E-state index in [9.17, 15) is 4.79 Å². The van der Waals surface area contributed by atoms with Crippen molar-refractivity contribution in [3.8, 4) is 11.5 Å². The molecule has 0 spiro atoms. The van der Waals surface area contributed by atoms with Crippen LogP contribution in [0.25, 0.3) is 0 Å². The topological polar surface area (TPSA) is 59.6 Å². The minimum absolute atomic E-state index is 0.0955. The Morgan fingerprint density at radius 3 is 2.46 bits per heavy atom. The van der Waals surface area contributed by atoms with Crippen LogP contribution in [-0.4, -0.2) is 19.2 Å². The number of carbonyl (C=O) groups is 1. The first-order valence-corrected chi connectivity index (χ1v) is 8.25. The lowest BCUT2D eigenvalue weighted by Gasteiger charge is -2.15. The lowest BCUT2D eigenvalue weighted by Crippen LogP contribution is -2.22. The van der Waals surface area contributed by atoms with Gasteiger partial charge in [-0.1, -0.05) is 32.0 Å². The maximum absolute atomic E-state index is 12.2. The van der Waals surface area contributed by atoms with E-state index in [-0.39, 0.29) is 19.2 Å². The first kappa shape index (κ1) is 16.2. The highest BCUT2D eigenvalue weighted by molar-refractivity contribution is 5.94. The van der Waals surface area contributed by atoms with Gasteiger partial charge in [-0.25, -0.2) is 0 Å². The second-order valence-electron chi connectivity index (χ2n) is 5.63. The van der Waals surface area contributed by atoms with Gasteiger partial charge in [0.05, 0.1) is 6.54 Å². The molecule has 0 aromatic heterocycles. The van der Waals surface area contributed by atoms with Gasteiger partial charge in [-0.3, -0.25) is 4.79 Å². The third kappa shape index (κ3) is 3.45. The fourth-order valence-electron chi connectivity index (χ4n) is 2.82. The number of amides is 1. The van der Waals surface area contributed by atoms with Crippen molar-refractivity contribution in [3.05, 3.63) is 47.5 Å². The van der Waals surface area contributed by atoms with E-state index < -0.39 is 0 Å². The summed E-state index contributed by atoms with van der Waals surface area (Å²) in [6.07, 6.45) is 1.86. The van der Waals surface area contributed by atoms with Gasteiger partial charge in [0, 0.05) is 17.4 Å². The number of fused-ring (bicyclic) bond motifs is 1. The summed E-state index contributed by atoms with van der Waals surface area (Å²) in [7, 11) is 0. The van der Waals surface area contributed by atoms with Gasteiger partial charge >= 0.3 is 0 Å². The molecule has 1 heterocycles. The summed E-state index contributed by atoms with van der Waals surface area (Å²) in [5.41, 5.74) is 4.23. The maximum atomic E-state index is 12.2. The Balaban J connectivity index is 1.64. The Morgan fingerprint density at radius 2 is 1.75 bits per heavy atom. The number of rotatable bonds is 6. The average molecular weight is 326 g/mol. The molecule has 126 valence electrons. The fourth-order valence-corrected chi connectivity index (χ4v) is 2.82. The van der Waals surface area contributed by atoms with Crippen molar-refractivity contribution >= 4 is 17.3 Å². The zero-order chi connectivity index (χ0) is 16.9. The molecule has 0 fully saturated rings. The van der Waals surface area contributed by atoms with E-state index >= 15 is 0 Å². The zero-order valence-electron chi connectivity index (χ0n) is 14.0. The monoisotopic (exact) mass is 326 g/mol. The number of hydrogen-bond acceptors (Lipinski definition) is 4. The maximum Gasteiger partial charge on any atom is 0.243 e. The van der Waals surface area contributed by atoms with Crippen LogP contribution in [0.2, 0.25) is 0 Å². The highest BCUT2D eigenvalue weighted by Crippen LogP contribution is 2.34. The summed E-state index contributed by atoms with van der Waals surface area (Å²) < 4.78 is 10.6. The highest BCUT2D eigenvalue weighted by atomic mass is 16.7. The van der Waals surface area contributed by atoms with Crippen molar-refractivity contribution in [1.29, 1.82) is 0 Å². The van der Waals surface area contributed by atoms with Crippen molar-refractivity contribution in [2.24, 2.45) is 0 Å². The normalized spacial score (nSPS) is 12.1. The van der Waals surface area contributed by atoms with Gasteiger partial charge in [-0.15, -0.1) is 0 Å². The van der Waals surface area contributed by atoms with E-state index in [1.165, 1.54) is 11.1 Å². The first-order chi connectivity index (χ1) is 11.7. The minimum Gasteiger partial charge on any atom is -0.454 e. The molecule has 24 heavy (non-hydrogen) atoms. The van der Waals surface area contributed by atoms with Gasteiger partial charge in [0.15, 0.2) is 11.5 Å². The van der Waals surface area contributed by atoms with Gasteiger partial charge < -0.3 is 20.1 Å².